The number of rotatable bonds is 10. The number of carbonyl (C=O) groups is 2. The highest BCUT2D eigenvalue weighted by Gasteiger charge is 2.35. The van der Waals surface area contributed by atoms with Gasteiger partial charge in [-0.2, -0.15) is 0 Å². The highest BCUT2D eigenvalue weighted by atomic mass is 19.3. The van der Waals surface area contributed by atoms with Crippen molar-refractivity contribution in [1.29, 1.82) is 0 Å². The van der Waals surface area contributed by atoms with Crippen LogP contribution in [-0.2, 0) is 9.59 Å². The fourth-order valence-electron chi connectivity index (χ4n) is 4.09. The SMILES string of the molecule is Cc1cc(C(NC=O)/C(=C\NCCC(=O)O)C(C)C)ccc1C1CCC(F)(F)CC1. The van der Waals surface area contributed by atoms with Gasteiger partial charge in [0.05, 0.1) is 12.5 Å². The molecule has 0 aromatic heterocycles. The van der Waals surface area contributed by atoms with Crippen LogP contribution >= 0.6 is 0 Å². The first-order chi connectivity index (χ1) is 14.1. The second-order valence-electron chi connectivity index (χ2n) is 8.36. The standard InChI is InChI=1S/C23H32F2N2O3/c1-15(2)20(13-26-11-8-21(29)30)22(27-14-28)18-4-5-19(16(3)12-18)17-6-9-23(24,25)10-7-17/h4-5,12-15,17,22,26H,6-11H2,1-3H3,(H,27,28)(H,29,30)/b20-13-. The zero-order valence-corrected chi connectivity index (χ0v) is 17.9. The van der Waals surface area contributed by atoms with Gasteiger partial charge in [-0.15, -0.1) is 0 Å². The van der Waals surface area contributed by atoms with E-state index in [4.69, 9.17) is 5.11 Å². The minimum Gasteiger partial charge on any atom is -0.481 e. The summed E-state index contributed by atoms with van der Waals surface area (Å²) in [6, 6.07) is 5.59. The molecule has 5 nitrogen and oxygen atoms in total. The van der Waals surface area contributed by atoms with E-state index in [0.717, 1.165) is 22.3 Å². The smallest absolute Gasteiger partial charge is 0.305 e. The largest absolute Gasteiger partial charge is 0.481 e. The van der Waals surface area contributed by atoms with Crippen molar-refractivity contribution in [3.63, 3.8) is 0 Å². The van der Waals surface area contributed by atoms with Crippen molar-refractivity contribution in [2.75, 3.05) is 6.54 Å². The number of aliphatic carboxylic acids is 1. The maximum Gasteiger partial charge on any atom is 0.305 e. The molecule has 166 valence electrons. The third-order valence-corrected chi connectivity index (χ3v) is 5.77. The van der Waals surface area contributed by atoms with E-state index in [9.17, 15) is 18.4 Å². The molecule has 0 aliphatic heterocycles. The van der Waals surface area contributed by atoms with Crippen molar-refractivity contribution in [2.45, 2.75) is 70.8 Å². The molecule has 7 heteroatoms. The zero-order valence-electron chi connectivity index (χ0n) is 17.9. The van der Waals surface area contributed by atoms with E-state index >= 15 is 0 Å². The molecule has 1 saturated carbocycles. The summed E-state index contributed by atoms with van der Waals surface area (Å²) < 4.78 is 27.0. The summed E-state index contributed by atoms with van der Waals surface area (Å²) in [5.74, 6) is -3.18. The molecule has 1 atom stereocenters. The van der Waals surface area contributed by atoms with E-state index < -0.39 is 11.9 Å². The topological polar surface area (TPSA) is 78.4 Å². The molecule has 1 aliphatic rings. The second-order valence-corrected chi connectivity index (χ2v) is 8.36. The molecular formula is C23H32F2N2O3. The minimum absolute atomic E-state index is 0.00188. The van der Waals surface area contributed by atoms with Crippen LogP contribution in [0.25, 0.3) is 0 Å². The van der Waals surface area contributed by atoms with Gasteiger partial charge in [0.2, 0.25) is 12.3 Å². The summed E-state index contributed by atoms with van der Waals surface area (Å²) in [5.41, 5.74) is 3.96. The lowest BCUT2D eigenvalue weighted by Crippen LogP contribution is -2.26. The molecule has 1 amide bonds. The number of carbonyl (C=O) groups excluding carboxylic acids is 1. The number of aryl methyl sites for hydroxylation is 1. The Morgan fingerprint density at radius 1 is 1.30 bits per heavy atom. The van der Waals surface area contributed by atoms with Crippen molar-refractivity contribution in [3.05, 3.63) is 46.7 Å². The average molecular weight is 423 g/mol. The van der Waals surface area contributed by atoms with E-state index in [2.05, 4.69) is 10.6 Å². The minimum atomic E-state index is -2.55. The first kappa shape index (κ1) is 23.8. The maximum atomic E-state index is 13.5. The van der Waals surface area contributed by atoms with Gasteiger partial charge >= 0.3 is 5.97 Å². The molecule has 1 unspecified atom stereocenters. The van der Waals surface area contributed by atoms with Gasteiger partial charge in [0.25, 0.3) is 0 Å². The highest BCUT2D eigenvalue weighted by molar-refractivity contribution is 5.66. The lowest BCUT2D eigenvalue weighted by molar-refractivity contribution is -0.136. The first-order valence-corrected chi connectivity index (χ1v) is 10.5. The molecule has 0 radical (unpaired) electrons. The second kappa shape index (κ2) is 10.5. The van der Waals surface area contributed by atoms with Crippen molar-refractivity contribution in [1.82, 2.24) is 10.6 Å². The molecule has 0 saturated heterocycles. The van der Waals surface area contributed by atoms with Crippen LogP contribution in [0.2, 0.25) is 0 Å². The van der Waals surface area contributed by atoms with Crippen LogP contribution in [0.1, 0.15) is 74.6 Å². The third kappa shape index (κ3) is 6.54. The van der Waals surface area contributed by atoms with E-state index in [-0.39, 0.29) is 37.1 Å². The number of alkyl halides is 2. The number of carboxylic acids is 1. The quantitative estimate of drug-likeness (QED) is 0.378. The molecule has 0 bridgehead atoms. The Balaban J connectivity index is 2.23. The first-order valence-electron chi connectivity index (χ1n) is 10.5. The van der Waals surface area contributed by atoms with E-state index in [1.807, 2.05) is 39.0 Å². The summed E-state index contributed by atoms with van der Waals surface area (Å²) in [6.07, 6.45) is 3.25. The Kier molecular flexibility index (Phi) is 8.38. The molecule has 0 heterocycles. The molecule has 3 N–H and O–H groups in total. The fraction of sp³-hybridized carbons (Fsp3) is 0.565. The summed E-state index contributed by atoms with van der Waals surface area (Å²) in [7, 11) is 0. The van der Waals surface area contributed by atoms with E-state index in [0.29, 0.717) is 25.8 Å². The molecule has 30 heavy (non-hydrogen) atoms. The lowest BCUT2D eigenvalue weighted by Gasteiger charge is -2.30. The summed E-state index contributed by atoms with van der Waals surface area (Å²) in [4.78, 5) is 22.0. The summed E-state index contributed by atoms with van der Waals surface area (Å²) in [6.45, 7) is 6.29. The van der Waals surface area contributed by atoms with Crippen LogP contribution in [-0.4, -0.2) is 30.0 Å². The Morgan fingerprint density at radius 3 is 2.50 bits per heavy atom. The van der Waals surface area contributed by atoms with Gasteiger partial charge in [-0.25, -0.2) is 8.78 Å². The zero-order chi connectivity index (χ0) is 22.3. The van der Waals surface area contributed by atoms with Gasteiger partial charge in [0, 0.05) is 19.4 Å². The summed E-state index contributed by atoms with van der Waals surface area (Å²) in [5, 5.41) is 14.7. The molecule has 1 fully saturated rings. The number of hydrogen-bond donors (Lipinski definition) is 3. The van der Waals surface area contributed by atoms with Gasteiger partial charge in [0.1, 0.15) is 0 Å². The number of hydrogen-bond acceptors (Lipinski definition) is 3. The third-order valence-electron chi connectivity index (χ3n) is 5.77. The van der Waals surface area contributed by atoms with Crippen LogP contribution < -0.4 is 10.6 Å². The maximum absolute atomic E-state index is 13.5. The average Bonchev–Trinajstić information content (AvgIpc) is 2.66. The Morgan fingerprint density at radius 2 is 1.97 bits per heavy atom. The number of nitrogens with one attached hydrogen (secondary N) is 2. The Hall–Kier alpha value is -2.44. The van der Waals surface area contributed by atoms with Crippen LogP contribution in [0.4, 0.5) is 8.78 Å². The van der Waals surface area contributed by atoms with Crippen molar-refractivity contribution in [3.8, 4) is 0 Å². The van der Waals surface area contributed by atoms with E-state index in [1.165, 1.54) is 0 Å². The number of halogens is 2. The predicted molar refractivity (Wildman–Crippen MR) is 112 cm³/mol. The molecule has 1 aromatic rings. The predicted octanol–water partition coefficient (Wildman–Crippen LogP) is 4.68. The molecular weight excluding hydrogens is 390 g/mol. The van der Waals surface area contributed by atoms with Gasteiger partial charge in [-0.3, -0.25) is 9.59 Å². The molecule has 1 aromatic carbocycles. The van der Waals surface area contributed by atoms with E-state index in [1.54, 1.807) is 6.20 Å². The van der Waals surface area contributed by atoms with Crippen molar-refractivity contribution in [2.24, 2.45) is 5.92 Å². The molecule has 2 rings (SSSR count). The van der Waals surface area contributed by atoms with Crippen LogP contribution in [0, 0.1) is 12.8 Å². The van der Waals surface area contributed by atoms with Gasteiger partial charge in [-0.1, -0.05) is 32.0 Å². The Labute approximate surface area is 176 Å². The highest BCUT2D eigenvalue weighted by Crippen LogP contribution is 2.42. The van der Waals surface area contributed by atoms with Crippen molar-refractivity contribution >= 4 is 12.4 Å². The fourth-order valence-corrected chi connectivity index (χ4v) is 4.09. The monoisotopic (exact) mass is 422 g/mol. The van der Waals surface area contributed by atoms with Gasteiger partial charge in [-0.05, 0) is 60.1 Å². The Bertz CT molecular complexity index is 768. The summed E-state index contributed by atoms with van der Waals surface area (Å²) >= 11 is 0. The van der Waals surface area contributed by atoms with Gasteiger partial charge < -0.3 is 15.7 Å². The van der Waals surface area contributed by atoms with Gasteiger partial charge in [0.15, 0.2) is 0 Å². The van der Waals surface area contributed by atoms with Crippen LogP contribution in [0.5, 0.6) is 0 Å². The lowest BCUT2D eigenvalue weighted by atomic mass is 9.79. The molecule has 0 spiro atoms. The van der Waals surface area contributed by atoms with Crippen LogP contribution in [0.3, 0.4) is 0 Å². The number of benzene rings is 1. The number of carboxylic acid groups (broad SMARTS) is 1. The van der Waals surface area contributed by atoms with Crippen LogP contribution in [0.15, 0.2) is 30.0 Å². The number of amides is 1. The molecule has 1 aliphatic carbocycles. The normalized spacial score (nSPS) is 18.1. The van der Waals surface area contributed by atoms with Crippen molar-refractivity contribution < 1.29 is 23.5 Å².